The zero-order valence-corrected chi connectivity index (χ0v) is 11.7. The van der Waals surface area contributed by atoms with E-state index in [1.807, 2.05) is 0 Å². The van der Waals surface area contributed by atoms with Gasteiger partial charge >= 0.3 is 11.9 Å². The monoisotopic (exact) mass is 283 g/mol. The number of rotatable bonds is 6. The Balaban J connectivity index is 1.81. The Labute approximate surface area is 118 Å². The first kappa shape index (κ1) is 14.8. The van der Waals surface area contributed by atoms with Crippen molar-refractivity contribution in [2.45, 2.75) is 44.6 Å². The molecule has 2 aliphatic rings. The highest BCUT2D eigenvalue weighted by Gasteiger charge is 2.32. The zero-order chi connectivity index (χ0) is 14.5. The lowest BCUT2D eigenvalue weighted by atomic mass is 9.84. The number of hydrogen-bond donors (Lipinski definition) is 1. The molecule has 2 aliphatic carbocycles. The molecule has 20 heavy (non-hydrogen) atoms. The molecule has 6 nitrogen and oxygen atoms in total. The summed E-state index contributed by atoms with van der Waals surface area (Å²) in [5.74, 6) is -1.10. The molecule has 2 rings (SSSR count). The zero-order valence-electron chi connectivity index (χ0n) is 11.7. The van der Waals surface area contributed by atoms with E-state index in [1.165, 1.54) is 7.11 Å². The lowest BCUT2D eigenvalue weighted by molar-refractivity contribution is -0.157. The van der Waals surface area contributed by atoms with E-state index in [4.69, 9.17) is 4.74 Å². The molecule has 1 amide bonds. The van der Waals surface area contributed by atoms with Gasteiger partial charge in [0.15, 0.2) is 6.04 Å². The normalized spacial score (nSPS) is 20.2. The molecule has 1 atom stereocenters. The summed E-state index contributed by atoms with van der Waals surface area (Å²) in [4.78, 5) is 35.1. The fourth-order valence-corrected chi connectivity index (χ4v) is 2.20. The third-order valence-corrected chi connectivity index (χ3v) is 4.11. The van der Waals surface area contributed by atoms with Gasteiger partial charge in [-0.15, -0.1) is 0 Å². The van der Waals surface area contributed by atoms with Gasteiger partial charge in [-0.1, -0.05) is 12.8 Å². The van der Waals surface area contributed by atoms with E-state index in [2.05, 4.69) is 10.1 Å². The first-order valence-electron chi connectivity index (χ1n) is 7.16. The summed E-state index contributed by atoms with van der Waals surface area (Å²) in [6, 6.07) is -0.905. The van der Waals surface area contributed by atoms with Crippen molar-refractivity contribution in [2.75, 3.05) is 13.7 Å². The fraction of sp³-hybridized carbons (Fsp3) is 0.786. The number of methoxy groups -OCH3 is 1. The smallest absolute Gasteiger partial charge is 0.331 e. The van der Waals surface area contributed by atoms with Gasteiger partial charge in [0.05, 0.1) is 13.0 Å². The van der Waals surface area contributed by atoms with Gasteiger partial charge in [0.1, 0.15) is 6.61 Å². The van der Waals surface area contributed by atoms with Crippen LogP contribution >= 0.6 is 0 Å². The summed E-state index contributed by atoms with van der Waals surface area (Å²) in [6.07, 6.45) is 5.46. The first-order chi connectivity index (χ1) is 9.61. The summed E-state index contributed by atoms with van der Waals surface area (Å²) in [7, 11) is 1.25. The van der Waals surface area contributed by atoms with Gasteiger partial charge < -0.3 is 14.8 Å². The Morgan fingerprint density at radius 3 is 2.15 bits per heavy atom. The Morgan fingerprint density at radius 1 is 1.10 bits per heavy atom. The van der Waals surface area contributed by atoms with Gasteiger partial charge in [-0.25, -0.2) is 4.79 Å². The molecule has 0 aliphatic heterocycles. The molecular weight excluding hydrogens is 262 g/mol. The largest absolute Gasteiger partial charge is 0.467 e. The van der Waals surface area contributed by atoms with Crippen molar-refractivity contribution in [3.63, 3.8) is 0 Å². The highest BCUT2D eigenvalue weighted by molar-refractivity contribution is 5.86. The number of esters is 2. The van der Waals surface area contributed by atoms with Crippen LogP contribution in [0, 0.1) is 11.8 Å². The van der Waals surface area contributed by atoms with Crippen molar-refractivity contribution in [2.24, 2.45) is 11.8 Å². The number of nitrogens with one attached hydrogen (secondary N) is 1. The molecule has 0 aromatic carbocycles. The fourth-order valence-electron chi connectivity index (χ4n) is 2.20. The first-order valence-corrected chi connectivity index (χ1v) is 7.16. The number of carbonyl (C=O) groups excluding carboxylic acids is 3. The number of hydrogen-bond acceptors (Lipinski definition) is 5. The van der Waals surface area contributed by atoms with E-state index in [-0.39, 0.29) is 30.3 Å². The van der Waals surface area contributed by atoms with Crippen LogP contribution in [-0.2, 0) is 23.9 Å². The van der Waals surface area contributed by atoms with Crippen LogP contribution in [0.5, 0.6) is 0 Å². The minimum atomic E-state index is -0.905. The van der Waals surface area contributed by atoms with Crippen LogP contribution in [-0.4, -0.2) is 37.6 Å². The van der Waals surface area contributed by atoms with E-state index < -0.39 is 12.0 Å². The maximum Gasteiger partial charge on any atom is 0.331 e. The minimum Gasteiger partial charge on any atom is -0.467 e. The Bertz CT molecular complexity index is 387. The average molecular weight is 283 g/mol. The number of amides is 1. The van der Waals surface area contributed by atoms with E-state index in [9.17, 15) is 14.4 Å². The van der Waals surface area contributed by atoms with E-state index in [0.717, 1.165) is 38.5 Å². The minimum absolute atomic E-state index is 0.0236. The summed E-state index contributed by atoms with van der Waals surface area (Å²) >= 11 is 0. The SMILES string of the molecule is COC(=O)C(COC(=O)C1CCC1)NC(=O)C1CCC1. The second-order valence-electron chi connectivity index (χ2n) is 5.47. The Kier molecular flexibility index (Phi) is 4.98. The van der Waals surface area contributed by atoms with Gasteiger partial charge in [0.25, 0.3) is 0 Å². The quantitative estimate of drug-likeness (QED) is 0.729. The summed E-state index contributed by atoms with van der Waals surface area (Å²) in [5, 5.41) is 2.61. The molecule has 2 saturated carbocycles. The van der Waals surface area contributed by atoms with Crippen molar-refractivity contribution in [1.29, 1.82) is 0 Å². The molecule has 6 heteroatoms. The predicted octanol–water partition coefficient (Wildman–Crippen LogP) is 0.788. The molecule has 0 aromatic rings. The van der Waals surface area contributed by atoms with Crippen molar-refractivity contribution in [3.8, 4) is 0 Å². The average Bonchev–Trinajstić information content (AvgIpc) is 2.28. The summed E-state index contributed by atoms with van der Waals surface area (Å²) < 4.78 is 9.74. The maximum absolute atomic E-state index is 11.8. The van der Waals surface area contributed by atoms with Crippen LogP contribution in [0.15, 0.2) is 0 Å². The third kappa shape index (κ3) is 3.49. The van der Waals surface area contributed by atoms with Crippen molar-refractivity contribution in [1.82, 2.24) is 5.32 Å². The second kappa shape index (κ2) is 6.72. The van der Waals surface area contributed by atoms with E-state index in [0.29, 0.717) is 0 Å². The lowest BCUT2D eigenvalue weighted by Crippen LogP contribution is -2.48. The van der Waals surface area contributed by atoms with Gasteiger partial charge in [-0.3, -0.25) is 9.59 Å². The van der Waals surface area contributed by atoms with E-state index in [1.54, 1.807) is 0 Å². The highest BCUT2D eigenvalue weighted by Crippen LogP contribution is 2.28. The van der Waals surface area contributed by atoms with Crippen molar-refractivity contribution in [3.05, 3.63) is 0 Å². The van der Waals surface area contributed by atoms with Gasteiger partial charge in [-0.05, 0) is 25.7 Å². The number of ether oxygens (including phenoxy) is 2. The van der Waals surface area contributed by atoms with Crippen molar-refractivity contribution < 1.29 is 23.9 Å². The van der Waals surface area contributed by atoms with Crippen LogP contribution in [0.2, 0.25) is 0 Å². The predicted molar refractivity (Wildman–Crippen MR) is 69.6 cm³/mol. The second-order valence-corrected chi connectivity index (χ2v) is 5.47. The maximum atomic E-state index is 11.8. The van der Waals surface area contributed by atoms with E-state index >= 15 is 0 Å². The van der Waals surface area contributed by atoms with Crippen LogP contribution < -0.4 is 5.32 Å². The molecule has 0 saturated heterocycles. The van der Waals surface area contributed by atoms with Gasteiger partial charge in [-0.2, -0.15) is 0 Å². The summed E-state index contributed by atoms with van der Waals surface area (Å²) in [6.45, 7) is -0.152. The lowest BCUT2D eigenvalue weighted by Gasteiger charge is -2.27. The van der Waals surface area contributed by atoms with Crippen molar-refractivity contribution >= 4 is 17.8 Å². The Morgan fingerprint density at radius 2 is 1.70 bits per heavy atom. The molecule has 0 bridgehead atoms. The third-order valence-electron chi connectivity index (χ3n) is 4.11. The molecule has 112 valence electrons. The standard InChI is InChI=1S/C14H21NO5/c1-19-14(18)11(15-12(16)9-4-2-5-9)8-20-13(17)10-6-3-7-10/h9-11H,2-8H2,1H3,(H,15,16). The molecule has 1 unspecified atom stereocenters. The molecule has 0 aromatic heterocycles. The number of carbonyl (C=O) groups is 3. The van der Waals surface area contributed by atoms with Crippen LogP contribution in [0.25, 0.3) is 0 Å². The van der Waals surface area contributed by atoms with Gasteiger partial charge in [0, 0.05) is 5.92 Å². The molecule has 0 heterocycles. The Hall–Kier alpha value is -1.59. The topological polar surface area (TPSA) is 81.7 Å². The summed E-state index contributed by atoms with van der Waals surface area (Å²) in [5.41, 5.74) is 0. The van der Waals surface area contributed by atoms with Gasteiger partial charge in [0.2, 0.25) is 5.91 Å². The molecule has 0 radical (unpaired) electrons. The van der Waals surface area contributed by atoms with Crippen LogP contribution in [0.4, 0.5) is 0 Å². The van der Waals surface area contributed by atoms with Crippen LogP contribution in [0.3, 0.4) is 0 Å². The molecule has 2 fully saturated rings. The molecular formula is C14H21NO5. The highest BCUT2D eigenvalue weighted by atomic mass is 16.5. The molecule has 1 N–H and O–H groups in total. The van der Waals surface area contributed by atoms with Crippen LogP contribution in [0.1, 0.15) is 38.5 Å². The molecule has 0 spiro atoms.